The fourth-order valence-electron chi connectivity index (χ4n) is 3.58. The minimum Gasteiger partial charge on any atom is -0.459 e. The van der Waals surface area contributed by atoms with Crippen LogP contribution in [-0.4, -0.2) is 28.2 Å². The van der Waals surface area contributed by atoms with E-state index in [0.717, 1.165) is 5.06 Å². The van der Waals surface area contributed by atoms with Crippen molar-refractivity contribution in [3.63, 3.8) is 0 Å². The molecule has 0 aliphatic carbocycles. The Bertz CT molecular complexity index is 578. The molecule has 1 aliphatic rings. The van der Waals surface area contributed by atoms with Gasteiger partial charge in [0.25, 0.3) is 0 Å². The van der Waals surface area contributed by atoms with Gasteiger partial charge >= 0.3 is 5.97 Å². The fourth-order valence-corrected chi connectivity index (χ4v) is 3.58. The number of ether oxygens (including phenoxy) is 1. The van der Waals surface area contributed by atoms with Crippen molar-refractivity contribution in [1.82, 2.24) is 5.06 Å². The summed E-state index contributed by atoms with van der Waals surface area (Å²) in [4.78, 5) is 12.5. The van der Waals surface area contributed by atoms with Gasteiger partial charge in [0.2, 0.25) is 0 Å². The SMILES string of the molecule is CC(C)(C)c1ccc(C(=O)OC2CC(C)(C)N([O])C(C)(C)C2)cc1. The van der Waals surface area contributed by atoms with Gasteiger partial charge in [-0.15, -0.1) is 10.3 Å². The number of carbonyl (C=O) groups is 1. The molecule has 0 amide bonds. The predicted octanol–water partition coefficient (Wildman–Crippen LogP) is 4.51. The smallest absolute Gasteiger partial charge is 0.338 e. The molecule has 1 aromatic rings. The van der Waals surface area contributed by atoms with Crippen LogP contribution in [-0.2, 0) is 15.4 Å². The van der Waals surface area contributed by atoms with Gasteiger partial charge in [-0.3, -0.25) is 0 Å². The molecule has 0 atom stereocenters. The van der Waals surface area contributed by atoms with Gasteiger partial charge in [0.1, 0.15) is 6.10 Å². The number of nitrogens with zero attached hydrogens (tertiary/aromatic N) is 1. The standard InChI is InChI=1S/C20H30NO3/c1-18(2,3)15-10-8-14(9-11-15)17(22)24-16-12-19(4,5)21(23)20(6,7)13-16/h8-11,16H,12-13H2,1-7H3. The highest BCUT2D eigenvalue weighted by molar-refractivity contribution is 5.89. The van der Waals surface area contributed by atoms with E-state index in [-0.39, 0.29) is 17.5 Å². The lowest BCUT2D eigenvalue weighted by Gasteiger charge is -2.49. The minimum atomic E-state index is -0.539. The first-order chi connectivity index (χ1) is 10.8. The quantitative estimate of drug-likeness (QED) is 0.749. The molecular formula is C20H30NO3. The Kier molecular flexibility index (Phi) is 4.86. The maximum Gasteiger partial charge on any atom is 0.338 e. The Labute approximate surface area is 145 Å². The van der Waals surface area contributed by atoms with Crippen molar-refractivity contribution in [3.05, 3.63) is 35.4 Å². The summed E-state index contributed by atoms with van der Waals surface area (Å²) in [5.41, 5.74) is 0.715. The zero-order valence-corrected chi connectivity index (χ0v) is 16.0. The molecule has 0 N–H and O–H groups in total. The molecule has 1 radical (unpaired) electrons. The lowest BCUT2D eigenvalue weighted by Crippen LogP contribution is -2.60. The number of benzene rings is 1. The van der Waals surface area contributed by atoms with Crippen molar-refractivity contribution >= 4 is 5.97 Å². The summed E-state index contributed by atoms with van der Waals surface area (Å²) in [6.45, 7) is 14.0. The highest BCUT2D eigenvalue weighted by Gasteiger charge is 2.47. The normalized spacial score (nSPS) is 21.5. The fraction of sp³-hybridized carbons (Fsp3) is 0.650. The second-order valence-corrected chi connectivity index (χ2v) is 9.18. The zero-order chi connectivity index (χ0) is 18.3. The minimum absolute atomic E-state index is 0.0530. The lowest BCUT2D eigenvalue weighted by atomic mass is 9.80. The van der Waals surface area contributed by atoms with Gasteiger partial charge in [0, 0.05) is 23.9 Å². The Morgan fingerprint density at radius 2 is 1.50 bits per heavy atom. The number of hydrogen-bond donors (Lipinski definition) is 0. The number of carbonyl (C=O) groups excluding carboxylic acids is 1. The summed E-state index contributed by atoms with van der Waals surface area (Å²) in [7, 11) is 0. The highest BCUT2D eigenvalue weighted by atomic mass is 16.5. The first-order valence-electron chi connectivity index (χ1n) is 8.62. The Morgan fingerprint density at radius 1 is 1.04 bits per heavy atom. The van der Waals surface area contributed by atoms with E-state index < -0.39 is 11.1 Å². The van der Waals surface area contributed by atoms with E-state index in [1.54, 1.807) is 0 Å². The summed E-state index contributed by atoms with van der Waals surface area (Å²) < 4.78 is 5.72. The van der Waals surface area contributed by atoms with E-state index in [1.807, 2.05) is 52.0 Å². The molecule has 1 fully saturated rings. The second kappa shape index (κ2) is 6.16. The average molecular weight is 332 g/mol. The summed E-state index contributed by atoms with van der Waals surface area (Å²) in [5.74, 6) is -0.314. The molecule has 0 spiro atoms. The van der Waals surface area contributed by atoms with Crippen molar-refractivity contribution in [2.75, 3.05) is 0 Å². The van der Waals surface area contributed by atoms with E-state index in [2.05, 4.69) is 20.8 Å². The van der Waals surface area contributed by atoms with Crippen LogP contribution in [0.4, 0.5) is 0 Å². The lowest BCUT2D eigenvalue weighted by molar-refractivity contribution is -0.298. The molecule has 4 heteroatoms. The van der Waals surface area contributed by atoms with Crippen LogP contribution in [0.25, 0.3) is 0 Å². The third-order valence-corrected chi connectivity index (χ3v) is 4.81. The number of piperidine rings is 1. The molecule has 0 bridgehead atoms. The van der Waals surface area contributed by atoms with Crippen molar-refractivity contribution in [2.45, 2.75) is 83.9 Å². The number of hydroxylamine groups is 2. The van der Waals surface area contributed by atoms with Crippen LogP contribution in [0.2, 0.25) is 0 Å². The molecule has 0 saturated carbocycles. The van der Waals surface area contributed by atoms with E-state index >= 15 is 0 Å². The summed E-state index contributed by atoms with van der Waals surface area (Å²) in [6, 6.07) is 7.60. The molecule has 1 heterocycles. The molecule has 1 saturated heterocycles. The van der Waals surface area contributed by atoms with Gasteiger partial charge in [-0.05, 0) is 50.8 Å². The molecular weight excluding hydrogens is 302 g/mol. The van der Waals surface area contributed by atoms with Crippen LogP contribution in [0.15, 0.2) is 24.3 Å². The highest BCUT2D eigenvalue weighted by Crippen LogP contribution is 2.38. The topological polar surface area (TPSA) is 49.4 Å². The predicted molar refractivity (Wildman–Crippen MR) is 94.3 cm³/mol. The first kappa shape index (κ1) is 18.9. The summed E-state index contributed by atoms with van der Waals surface area (Å²) in [5, 5.41) is 13.5. The van der Waals surface area contributed by atoms with Crippen LogP contribution >= 0.6 is 0 Å². The van der Waals surface area contributed by atoms with E-state index in [0.29, 0.717) is 18.4 Å². The van der Waals surface area contributed by atoms with Crippen LogP contribution in [0.1, 0.15) is 77.2 Å². The summed E-state index contributed by atoms with van der Waals surface area (Å²) >= 11 is 0. The van der Waals surface area contributed by atoms with Gasteiger partial charge in [0.15, 0.2) is 0 Å². The third-order valence-electron chi connectivity index (χ3n) is 4.81. The Morgan fingerprint density at radius 3 is 1.92 bits per heavy atom. The van der Waals surface area contributed by atoms with Gasteiger partial charge in [0.05, 0.1) is 5.56 Å². The molecule has 24 heavy (non-hydrogen) atoms. The van der Waals surface area contributed by atoms with Gasteiger partial charge in [-0.1, -0.05) is 32.9 Å². The monoisotopic (exact) mass is 332 g/mol. The van der Waals surface area contributed by atoms with Crippen LogP contribution in [0, 0.1) is 0 Å². The second-order valence-electron chi connectivity index (χ2n) is 9.18. The molecule has 133 valence electrons. The number of hydrogen-bond acceptors (Lipinski definition) is 3. The van der Waals surface area contributed by atoms with Crippen molar-refractivity contribution in [3.8, 4) is 0 Å². The van der Waals surface area contributed by atoms with Crippen molar-refractivity contribution in [2.24, 2.45) is 0 Å². The van der Waals surface area contributed by atoms with E-state index in [9.17, 15) is 10.0 Å². The maximum atomic E-state index is 12.5. The molecule has 2 rings (SSSR count). The number of rotatable bonds is 2. The van der Waals surface area contributed by atoms with Crippen LogP contribution in [0.3, 0.4) is 0 Å². The van der Waals surface area contributed by atoms with E-state index in [4.69, 9.17) is 4.74 Å². The van der Waals surface area contributed by atoms with Crippen molar-refractivity contribution < 1.29 is 14.7 Å². The molecule has 0 unspecified atom stereocenters. The average Bonchev–Trinajstić information content (AvgIpc) is 2.43. The Hall–Kier alpha value is -1.39. The first-order valence-corrected chi connectivity index (χ1v) is 8.62. The number of esters is 1. The maximum absolute atomic E-state index is 12.5. The van der Waals surface area contributed by atoms with Gasteiger partial charge in [-0.25, -0.2) is 4.79 Å². The van der Waals surface area contributed by atoms with Crippen molar-refractivity contribution in [1.29, 1.82) is 0 Å². The van der Waals surface area contributed by atoms with Gasteiger partial charge < -0.3 is 4.74 Å². The zero-order valence-electron chi connectivity index (χ0n) is 16.0. The molecule has 0 aromatic heterocycles. The molecule has 1 aromatic carbocycles. The van der Waals surface area contributed by atoms with E-state index in [1.165, 1.54) is 5.56 Å². The molecule has 4 nitrogen and oxygen atoms in total. The molecule has 1 aliphatic heterocycles. The van der Waals surface area contributed by atoms with Crippen LogP contribution < -0.4 is 0 Å². The van der Waals surface area contributed by atoms with Gasteiger partial charge in [-0.2, -0.15) is 0 Å². The largest absolute Gasteiger partial charge is 0.459 e. The van der Waals surface area contributed by atoms with Crippen LogP contribution in [0.5, 0.6) is 0 Å². The Balaban J connectivity index is 2.10. The summed E-state index contributed by atoms with van der Waals surface area (Å²) in [6.07, 6.45) is 0.854. The third kappa shape index (κ3) is 3.98.